The van der Waals surface area contributed by atoms with Gasteiger partial charge >= 0.3 is 0 Å². The minimum Gasteiger partial charge on any atom is -0.361 e. The van der Waals surface area contributed by atoms with Gasteiger partial charge < -0.3 is 14.8 Å². The molecule has 3 heterocycles. The second kappa shape index (κ2) is 6.58. The fourth-order valence-corrected chi connectivity index (χ4v) is 6.24. The van der Waals surface area contributed by atoms with E-state index in [1.54, 1.807) is 11.9 Å². The van der Waals surface area contributed by atoms with E-state index in [9.17, 15) is 9.59 Å². The number of hydrogen-bond donors (Lipinski definition) is 1. The molecule has 29 heavy (non-hydrogen) atoms. The number of nitrogens with one attached hydrogen (secondary N) is 1. The second-order valence-corrected chi connectivity index (χ2v) is 9.25. The SMILES string of the molecule is C[C@@H]1N2C(=O)CN(C)C(=O)C2C[C@@]1(c1ccccc1I)c1c[nH]c2ccccc12. The fourth-order valence-electron chi connectivity index (χ4n) is 5.37. The van der Waals surface area contributed by atoms with Gasteiger partial charge in [0.25, 0.3) is 0 Å². The molecule has 0 radical (unpaired) electrons. The zero-order valence-corrected chi connectivity index (χ0v) is 18.5. The standard InChI is InChI=1S/C23H22IN3O2/c1-14-23(16-8-4-5-9-18(16)24,17-12-25-19-10-6-3-7-15(17)19)11-20-22(29)26(2)13-21(28)27(14)20/h3-10,12,14,20,25H,11,13H2,1-2H3/t14-,20?,23+/m0/s1. The first-order valence-electron chi connectivity index (χ1n) is 9.83. The highest BCUT2D eigenvalue weighted by Gasteiger charge is 2.58. The lowest BCUT2D eigenvalue weighted by molar-refractivity contribution is -0.153. The maximum Gasteiger partial charge on any atom is 0.245 e. The van der Waals surface area contributed by atoms with Gasteiger partial charge in [0.05, 0.1) is 6.54 Å². The maximum absolute atomic E-state index is 13.1. The zero-order chi connectivity index (χ0) is 20.3. The molecule has 0 saturated carbocycles. The topological polar surface area (TPSA) is 56.4 Å². The summed E-state index contributed by atoms with van der Waals surface area (Å²) in [5, 5.41) is 1.15. The van der Waals surface area contributed by atoms with Crippen molar-refractivity contribution in [3.05, 3.63) is 69.4 Å². The number of nitrogens with zero attached hydrogens (tertiary/aromatic N) is 2. The van der Waals surface area contributed by atoms with Crippen molar-refractivity contribution in [3.63, 3.8) is 0 Å². The highest BCUT2D eigenvalue weighted by atomic mass is 127. The van der Waals surface area contributed by atoms with E-state index in [-0.39, 0.29) is 24.4 Å². The molecule has 2 amide bonds. The molecule has 5 rings (SSSR count). The van der Waals surface area contributed by atoms with Gasteiger partial charge in [-0.1, -0.05) is 36.4 Å². The number of amides is 2. The van der Waals surface area contributed by atoms with Gasteiger partial charge in [0.1, 0.15) is 6.04 Å². The zero-order valence-electron chi connectivity index (χ0n) is 16.4. The van der Waals surface area contributed by atoms with Crippen molar-refractivity contribution in [2.75, 3.05) is 13.6 Å². The number of fused-ring (bicyclic) bond motifs is 2. The van der Waals surface area contributed by atoms with Crippen LogP contribution in [0.2, 0.25) is 0 Å². The molecule has 2 aliphatic rings. The van der Waals surface area contributed by atoms with Crippen LogP contribution in [-0.2, 0) is 15.0 Å². The summed E-state index contributed by atoms with van der Waals surface area (Å²) in [5.41, 5.74) is 2.94. The number of benzene rings is 2. The molecule has 1 aromatic heterocycles. The van der Waals surface area contributed by atoms with Crippen LogP contribution < -0.4 is 0 Å². The summed E-state index contributed by atoms with van der Waals surface area (Å²) < 4.78 is 1.15. The lowest BCUT2D eigenvalue weighted by atomic mass is 9.68. The predicted molar refractivity (Wildman–Crippen MR) is 121 cm³/mol. The minimum atomic E-state index is -0.460. The molecule has 3 atom stereocenters. The van der Waals surface area contributed by atoms with Gasteiger partial charge in [-0.3, -0.25) is 9.59 Å². The Morgan fingerprint density at radius 2 is 1.79 bits per heavy atom. The Morgan fingerprint density at radius 3 is 2.59 bits per heavy atom. The minimum absolute atomic E-state index is 0.0252. The summed E-state index contributed by atoms with van der Waals surface area (Å²) in [6.45, 7) is 2.25. The van der Waals surface area contributed by atoms with E-state index in [4.69, 9.17) is 0 Å². The second-order valence-electron chi connectivity index (χ2n) is 8.09. The number of rotatable bonds is 2. The number of aromatic nitrogens is 1. The molecule has 0 bridgehead atoms. The van der Waals surface area contributed by atoms with Crippen LogP contribution in [0.25, 0.3) is 10.9 Å². The van der Waals surface area contributed by atoms with Crippen LogP contribution in [0.4, 0.5) is 0 Å². The van der Waals surface area contributed by atoms with E-state index in [0.29, 0.717) is 6.42 Å². The molecule has 148 valence electrons. The summed E-state index contributed by atoms with van der Waals surface area (Å²) in [6.07, 6.45) is 2.66. The van der Waals surface area contributed by atoms with Crippen molar-refractivity contribution in [3.8, 4) is 0 Å². The van der Waals surface area contributed by atoms with Crippen molar-refractivity contribution in [2.45, 2.75) is 30.8 Å². The lowest BCUT2D eigenvalue weighted by Crippen LogP contribution is -2.58. The lowest BCUT2D eigenvalue weighted by Gasteiger charge is -2.39. The predicted octanol–water partition coefficient (Wildman–Crippen LogP) is 3.52. The Hall–Kier alpha value is -2.35. The quantitative estimate of drug-likeness (QED) is 0.549. The largest absolute Gasteiger partial charge is 0.361 e. The van der Waals surface area contributed by atoms with Gasteiger partial charge in [0.2, 0.25) is 11.8 Å². The molecular weight excluding hydrogens is 477 g/mol. The summed E-state index contributed by atoms with van der Waals surface area (Å²) in [5.74, 6) is 0.0568. The number of carbonyl (C=O) groups excluding carboxylic acids is 2. The molecule has 6 heteroatoms. The van der Waals surface area contributed by atoms with Crippen molar-refractivity contribution in [2.24, 2.45) is 0 Å². The first kappa shape index (κ1) is 18.7. The number of likely N-dealkylation sites (N-methyl/N-ethyl adjacent to an activating group) is 1. The van der Waals surface area contributed by atoms with Crippen LogP contribution in [0.15, 0.2) is 54.7 Å². The molecule has 2 fully saturated rings. The van der Waals surface area contributed by atoms with E-state index in [0.717, 1.165) is 20.0 Å². The van der Waals surface area contributed by atoms with Gasteiger partial charge in [-0.15, -0.1) is 0 Å². The number of carbonyl (C=O) groups is 2. The van der Waals surface area contributed by atoms with E-state index in [1.807, 2.05) is 29.2 Å². The van der Waals surface area contributed by atoms with Gasteiger partial charge in [0.15, 0.2) is 0 Å². The number of piperazine rings is 1. The van der Waals surface area contributed by atoms with Gasteiger partial charge in [-0.2, -0.15) is 0 Å². The molecule has 2 saturated heterocycles. The van der Waals surface area contributed by atoms with E-state index < -0.39 is 11.5 Å². The van der Waals surface area contributed by atoms with Crippen molar-refractivity contribution in [1.29, 1.82) is 0 Å². The Kier molecular flexibility index (Phi) is 4.24. The third-order valence-electron chi connectivity index (χ3n) is 6.73. The summed E-state index contributed by atoms with van der Waals surface area (Å²) in [6, 6.07) is 16.0. The smallest absolute Gasteiger partial charge is 0.245 e. The first-order valence-corrected chi connectivity index (χ1v) is 10.9. The molecule has 5 nitrogen and oxygen atoms in total. The van der Waals surface area contributed by atoms with Crippen LogP contribution in [-0.4, -0.2) is 52.3 Å². The summed E-state index contributed by atoms with van der Waals surface area (Å²) in [7, 11) is 1.72. The number of halogens is 1. The maximum atomic E-state index is 13.1. The van der Waals surface area contributed by atoms with Gasteiger partial charge in [-0.05, 0) is 59.2 Å². The fraction of sp³-hybridized carbons (Fsp3) is 0.304. The number of H-pyrrole nitrogens is 1. The molecule has 2 aliphatic heterocycles. The molecule has 0 spiro atoms. The van der Waals surface area contributed by atoms with E-state index in [2.05, 4.69) is 65.0 Å². The van der Waals surface area contributed by atoms with Crippen molar-refractivity contribution < 1.29 is 9.59 Å². The highest BCUT2D eigenvalue weighted by molar-refractivity contribution is 14.1. The monoisotopic (exact) mass is 499 g/mol. The molecule has 2 aromatic carbocycles. The molecule has 0 aliphatic carbocycles. The van der Waals surface area contributed by atoms with Crippen LogP contribution in [0.3, 0.4) is 0 Å². The average molecular weight is 499 g/mol. The third-order valence-corrected chi connectivity index (χ3v) is 7.67. The van der Waals surface area contributed by atoms with Crippen LogP contribution >= 0.6 is 22.6 Å². The van der Waals surface area contributed by atoms with Crippen LogP contribution in [0.5, 0.6) is 0 Å². The van der Waals surface area contributed by atoms with Crippen molar-refractivity contribution in [1.82, 2.24) is 14.8 Å². The van der Waals surface area contributed by atoms with E-state index in [1.165, 1.54) is 5.56 Å². The Labute approximate surface area is 183 Å². The summed E-state index contributed by atoms with van der Waals surface area (Å²) in [4.78, 5) is 32.9. The first-order chi connectivity index (χ1) is 13.9. The highest BCUT2D eigenvalue weighted by Crippen LogP contribution is 2.52. The third kappa shape index (κ3) is 2.51. The molecule has 3 aromatic rings. The van der Waals surface area contributed by atoms with Crippen LogP contribution in [0.1, 0.15) is 24.5 Å². The van der Waals surface area contributed by atoms with Gasteiger partial charge in [-0.25, -0.2) is 0 Å². The number of aromatic amines is 1. The number of para-hydroxylation sites is 1. The Bertz CT molecular complexity index is 1140. The molecule has 1 N–H and O–H groups in total. The average Bonchev–Trinajstić information content (AvgIpc) is 3.27. The summed E-state index contributed by atoms with van der Waals surface area (Å²) >= 11 is 2.38. The normalized spacial score (nSPS) is 27.0. The number of hydrogen-bond acceptors (Lipinski definition) is 2. The molecule has 1 unspecified atom stereocenters. The van der Waals surface area contributed by atoms with Crippen LogP contribution in [0, 0.1) is 3.57 Å². The van der Waals surface area contributed by atoms with Gasteiger partial charge in [0, 0.05) is 39.2 Å². The molecular formula is C23H22IN3O2. The Morgan fingerprint density at radius 1 is 1.07 bits per heavy atom. The van der Waals surface area contributed by atoms with E-state index >= 15 is 0 Å². The Balaban J connectivity index is 1.80. The van der Waals surface area contributed by atoms with Crippen molar-refractivity contribution >= 4 is 45.3 Å².